The molecule has 2 aliphatic heterocycles. The lowest BCUT2D eigenvalue weighted by Crippen LogP contribution is -2.34. The van der Waals surface area contributed by atoms with E-state index in [4.69, 9.17) is 29.4 Å². The van der Waals surface area contributed by atoms with Gasteiger partial charge in [0, 0.05) is 25.5 Å². The zero-order valence-corrected chi connectivity index (χ0v) is 20.3. The van der Waals surface area contributed by atoms with Crippen LogP contribution in [0.15, 0.2) is 46.9 Å². The molecule has 7 nitrogen and oxygen atoms in total. The molecule has 2 N–H and O–H groups in total. The minimum atomic E-state index is -0.157. The van der Waals surface area contributed by atoms with Gasteiger partial charge in [-0.3, -0.25) is 10.8 Å². The Morgan fingerprint density at radius 1 is 1.11 bits per heavy atom. The van der Waals surface area contributed by atoms with E-state index in [9.17, 15) is 0 Å². The van der Waals surface area contributed by atoms with Gasteiger partial charge >= 0.3 is 0 Å². The number of likely N-dealkylation sites (tertiary alicyclic amines) is 1. The normalized spacial score (nSPS) is 16.1. The molecule has 1 fully saturated rings. The molecule has 0 amide bonds. The molecule has 5 rings (SSSR count). The van der Waals surface area contributed by atoms with Crippen LogP contribution in [-0.4, -0.2) is 49.5 Å². The number of rotatable bonds is 8. The predicted octanol–water partition coefficient (Wildman–Crippen LogP) is 5.75. The summed E-state index contributed by atoms with van der Waals surface area (Å²) >= 11 is 0. The molecule has 0 aliphatic carbocycles. The standard InChI is InChI=1S/C28H33N3O4/c1-2-27(29)35-28(30)26-18-22-24(5-3-6-25(22)34-26)32-15-4-12-31-13-9-19(10-14-31)20-7-8-23-21(17-20)11-16-33-23/h3,5-8,17-19,29-30H,2,4,9-16H2,1H3. The highest BCUT2D eigenvalue weighted by Gasteiger charge is 2.22. The SMILES string of the molecule is CCC(=N)OC(=N)c1cc2c(OCCCN3CCC(c4ccc5c(c4)CCO5)CC3)cccc2o1. The smallest absolute Gasteiger partial charge is 0.256 e. The van der Waals surface area contributed by atoms with Gasteiger partial charge in [-0.2, -0.15) is 0 Å². The van der Waals surface area contributed by atoms with Crippen LogP contribution in [0.25, 0.3) is 11.0 Å². The molecule has 0 unspecified atom stereocenters. The van der Waals surface area contributed by atoms with Gasteiger partial charge in [0.2, 0.25) is 0 Å². The second-order valence-electron chi connectivity index (χ2n) is 9.27. The van der Waals surface area contributed by atoms with Crippen LogP contribution < -0.4 is 9.47 Å². The fourth-order valence-electron chi connectivity index (χ4n) is 4.94. The van der Waals surface area contributed by atoms with E-state index >= 15 is 0 Å². The van der Waals surface area contributed by atoms with Gasteiger partial charge < -0.3 is 23.5 Å². The molecule has 3 aromatic rings. The quantitative estimate of drug-likeness (QED) is 0.246. The van der Waals surface area contributed by atoms with Crippen molar-refractivity contribution in [3.8, 4) is 11.5 Å². The number of fused-ring (bicyclic) bond motifs is 2. The Hall–Kier alpha value is -3.32. The highest BCUT2D eigenvalue weighted by Crippen LogP contribution is 2.33. The van der Waals surface area contributed by atoms with Crippen molar-refractivity contribution in [3.05, 3.63) is 59.4 Å². The van der Waals surface area contributed by atoms with Crippen LogP contribution in [0.1, 0.15) is 55.4 Å². The lowest BCUT2D eigenvalue weighted by atomic mass is 9.88. The molecule has 3 heterocycles. The summed E-state index contributed by atoms with van der Waals surface area (Å²) in [6, 6.07) is 14.2. The summed E-state index contributed by atoms with van der Waals surface area (Å²) in [7, 11) is 0. The van der Waals surface area contributed by atoms with Crippen molar-refractivity contribution < 1.29 is 18.6 Å². The summed E-state index contributed by atoms with van der Waals surface area (Å²) in [5.41, 5.74) is 3.48. The van der Waals surface area contributed by atoms with Gasteiger partial charge in [-0.25, -0.2) is 0 Å². The summed E-state index contributed by atoms with van der Waals surface area (Å²) in [5, 5.41) is 16.5. The molecule has 0 radical (unpaired) electrons. The maximum Gasteiger partial charge on any atom is 0.256 e. The van der Waals surface area contributed by atoms with E-state index in [0.29, 0.717) is 30.3 Å². The number of hydrogen-bond donors (Lipinski definition) is 2. The van der Waals surface area contributed by atoms with E-state index in [2.05, 4.69) is 23.1 Å². The highest BCUT2D eigenvalue weighted by molar-refractivity contribution is 6.00. The third kappa shape index (κ3) is 5.35. The van der Waals surface area contributed by atoms with E-state index in [-0.39, 0.29) is 11.8 Å². The Morgan fingerprint density at radius 2 is 1.97 bits per heavy atom. The fraction of sp³-hybridized carbons (Fsp3) is 0.429. The first kappa shape index (κ1) is 23.4. The molecule has 184 valence electrons. The molecule has 0 spiro atoms. The van der Waals surface area contributed by atoms with Gasteiger partial charge in [-0.05, 0) is 67.6 Å². The van der Waals surface area contributed by atoms with E-state index in [1.165, 1.54) is 24.0 Å². The highest BCUT2D eigenvalue weighted by atomic mass is 16.5. The predicted molar refractivity (Wildman–Crippen MR) is 136 cm³/mol. The Kier molecular flexibility index (Phi) is 7.04. The van der Waals surface area contributed by atoms with Crippen LogP contribution in [0.5, 0.6) is 11.5 Å². The summed E-state index contributed by atoms with van der Waals surface area (Å²) < 4.78 is 22.7. The first-order chi connectivity index (χ1) is 17.1. The Morgan fingerprint density at radius 3 is 2.80 bits per heavy atom. The van der Waals surface area contributed by atoms with Crippen LogP contribution in [0.2, 0.25) is 0 Å². The largest absolute Gasteiger partial charge is 0.493 e. The number of nitrogens with one attached hydrogen (secondary N) is 2. The van der Waals surface area contributed by atoms with Crippen LogP contribution >= 0.6 is 0 Å². The third-order valence-corrected chi connectivity index (χ3v) is 6.94. The van der Waals surface area contributed by atoms with Crippen LogP contribution in [0, 0.1) is 10.8 Å². The van der Waals surface area contributed by atoms with Crippen molar-refractivity contribution in [2.75, 3.05) is 32.8 Å². The van der Waals surface area contributed by atoms with Gasteiger partial charge in [0.15, 0.2) is 11.7 Å². The van der Waals surface area contributed by atoms with Crippen molar-refractivity contribution in [1.82, 2.24) is 4.90 Å². The average Bonchev–Trinajstić information content (AvgIpc) is 3.54. The van der Waals surface area contributed by atoms with Crippen LogP contribution in [0.4, 0.5) is 0 Å². The molecule has 1 saturated heterocycles. The number of furan rings is 1. The van der Waals surface area contributed by atoms with Gasteiger partial charge in [0.25, 0.3) is 5.90 Å². The lowest BCUT2D eigenvalue weighted by Gasteiger charge is -2.32. The number of hydrogen-bond acceptors (Lipinski definition) is 7. The molecule has 1 aromatic heterocycles. The summed E-state index contributed by atoms with van der Waals surface area (Å²) in [6.07, 6.45) is 4.81. The Labute approximate surface area is 206 Å². The van der Waals surface area contributed by atoms with E-state index in [1.807, 2.05) is 25.1 Å². The first-order valence-electron chi connectivity index (χ1n) is 12.6. The van der Waals surface area contributed by atoms with Gasteiger partial charge in [-0.15, -0.1) is 0 Å². The molecule has 35 heavy (non-hydrogen) atoms. The molecule has 0 saturated carbocycles. The van der Waals surface area contributed by atoms with E-state index in [0.717, 1.165) is 56.0 Å². The number of benzene rings is 2. The summed E-state index contributed by atoms with van der Waals surface area (Å²) in [5.74, 6) is 2.64. The Balaban J connectivity index is 1.09. The molecular formula is C28H33N3O4. The number of nitrogens with zero attached hydrogens (tertiary/aromatic N) is 1. The average molecular weight is 476 g/mol. The topological polar surface area (TPSA) is 91.8 Å². The minimum absolute atomic E-state index is 0.0397. The minimum Gasteiger partial charge on any atom is -0.493 e. The molecule has 2 aromatic carbocycles. The lowest BCUT2D eigenvalue weighted by molar-refractivity contribution is 0.193. The van der Waals surface area contributed by atoms with Crippen molar-refractivity contribution in [3.63, 3.8) is 0 Å². The monoisotopic (exact) mass is 475 g/mol. The second-order valence-corrected chi connectivity index (χ2v) is 9.27. The zero-order chi connectivity index (χ0) is 24.2. The zero-order valence-electron chi connectivity index (χ0n) is 20.3. The van der Waals surface area contributed by atoms with E-state index < -0.39 is 0 Å². The summed E-state index contributed by atoms with van der Waals surface area (Å²) in [4.78, 5) is 2.54. The van der Waals surface area contributed by atoms with Gasteiger partial charge in [0.1, 0.15) is 17.1 Å². The fourth-order valence-corrected chi connectivity index (χ4v) is 4.94. The number of ether oxygens (including phenoxy) is 3. The van der Waals surface area contributed by atoms with E-state index in [1.54, 1.807) is 6.07 Å². The molecular weight excluding hydrogens is 442 g/mol. The molecule has 0 atom stereocenters. The van der Waals surface area contributed by atoms with Crippen LogP contribution in [-0.2, 0) is 11.2 Å². The molecule has 7 heteroatoms. The molecule has 0 bridgehead atoms. The Bertz CT molecular complexity index is 1210. The second kappa shape index (κ2) is 10.5. The maximum atomic E-state index is 8.04. The van der Waals surface area contributed by atoms with Gasteiger partial charge in [-0.1, -0.05) is 25.1 Å². The number of piperidine rings is 1. The van der Waals surface area contributed by atoms with Crippen molar-refractivity contribution in [1.29, 1.82) is 10.8 Å². The van der Waals surface area contributed by atoms with Gasteiger partial charge in [0.05, 0.1) is 18.6 Å². The van der Waals surface area contributed by atoms with Crippen LogP contribution in [0.3, 0.4) is 0 Å². The maximum absolute atomic E-state index is 8.04. The van der Waals surface area contributed by atoms with Crippen molar-refractivity contribution in [2.45, 2.75) is 44.9 Å². The van der Waals surface area contributed by atoms with Crippen molar-refractivity contribution in [2.24, 2.45) is 0 Å². The van der Waals surface area contributed by atoms with Crippen molar-refractivity contribution >= 4 is 22.8 Å². The third-order valence-electron chi connectivity index (χ3n) is 6.94. The summed E-state index contributed by atoms with van der Waals surface area (Å²) in [6.45, 7) is 6.51. The molecule has 2 aliphatic rings. The first-order valence-corrected chi connectivity index (χ1v) is 12.6.